The van der Waals surface area contributed by atoms with Crippen LogP contribution >= 0.6 is 15.9 Å². The molecule has 0 bridgehead atoms. The highest BCUT2D eigenvalue weighted by molar-refractivity contribution is 9.10. The smallest absolute Gasteiger partial charge is 0.407 e. The molecular formula is C46H56BrN5O9Si. The van der Waals surface area contributed by atoms with Gasteiger partial charge in [-0.25, -0.2) is 9.59 Å². The molecule has 16 heteroatoms. The van der Waals surface area contributed by atoms with Crippen molar-refractivity contribution in [2.24, 2.45) is 4.99 Å². The second kappa shape index (κ2) is 18.6. The third kappa shape index (κ3) is 9.31. The van der Waals surface area contributed by atoms with Gasteiger partial charge in [-0.1, -0.05) is 106 Å². The number of anilines is 1. The Morgan fingerprint density at radius 3 is 2.23 bits per heavy atom. The van der Waals surface area contributed by atoms with Gasteiger partial charge < -0.3 is 38.8 Å². The zero-order chi connectivity index (χ0) is 44.4. The van der Waals surface area contributed by atoms with E-state index in [1.165, 1.54) is 7.11 Å². The summed E-state index contributed by atoms with van der Waals surface area (Å²) in [6.45, 7) is 13.3. The topological polar surface area (TPSA) is 172 Å². The number of nitrogens with zero attached hydrogens (tertiary/aromatic N) is 3. The predicted molar refractivity (Wildman–Crippen MR) is 239 cm³/mol. The average molecular weight is 931 g/mol. The van der Waals surface area contributed by atoms with Crippen LogP contribution in [0.1, 0.15) is 94.4 Å². The van der Waals surface area contributed by atoms with E-state index in [4.69, 9.17) is 33.0 Å². The molecule has 2 amide bonds. The lowest BCUT2D eigenvalue weighted by molar-refractivity contribution is -0.143. The average Bonchev–Trinajstić information content (AvgIpc) is 3.74. The number of methoxy groups -OCH3 is 1. The number of nitrogens with one attached hydrogen (secondary N) is 2. The van der Waals surface area contributed by atoms with Crippen LogP contribution in [0.5, 0.6) is 0 Å². The van der Waals surface area contributed by atoms with E-state index in [9.17, 15) is 19.5 Å². The van der Waals surface area contributed by atoms with Gasteiger partial charge >= 0.3 is 20.6 Å². The lowest BCUT2D eigenvalue weighted by Gasteiger charge is -2.53. The van der Waals surface area contributed by atoms with Crippen LogP contribution in [-0.4, -0.2) is 92.4 Å². The molecule has 0 spiro atoms. The molecule has 3 heterocycles. The van der Waals surface area contributed by atoms with Gasteiger partial charge in [-0.05, 0) is 71.8 Å². The van der Waals surface area contributed by atoms with Crippen LogP contribution < -0.4 is 16.3 Å². The van der Waals surface area contributed by atoms with E-state index < -0.39 is 51.2 Å². The van der Waals surface area contributed by atoms with Gasteiger partial charge in [0.2, 0.25) is 5.62 Å². The van der Waals surface area contributed by atoms with Crippen LogP contribution in [0.3, 0.4) is 0 Å². The standard InChI is InChI=1S/C46H56BrN5O9Si/c1-45(2,3)62(46(4,5)6)59-27-36-39(61-62)38(53)41(60-36)52-25-23-37(50-40(54)28-19-21-29(47)22-20-28)51-43(52)48-24-13-12-18-35(42(55)57-7)49-44(56)58-26-34-32-16-10-8-14-30(32)31-15-9-11-17-33(31)34/h8-11,14-17,19-23,25,34-36,38-39,41,53H,12-13,18,24,26-27H2,1-7H3,(H,49,56)(H,48,50,51,54)/t35-,36+,38+,39+,41+/m0/s1. The van der Waals surface area contributed by atoms with Crippen LogP contribution in [0.25, 0.3) is 11.1 Å². The number of aliphatic hydroxyl groups excluding tert-OH is 1. The number of benzene rings is 3. The summed E-state index contributed by atoms with van der Waals surface area (Å²) in [5, 5.41) is 16.8. The van der Waals surface area contributed by atoms with Crippen molar-refractivity contribution in [3.8, 4) is 11.1 Å². The Balaban J connectivity index is 1.04. The van der Waals surface area contributed by atoms with Crippen molar-refractivity contribution in [2.45, 2.75) is 107 Å². The Morgan fingerprint density at radius 1 is 0.952 bits per heavy atom. The van der Waals surface area contributed by atoms with Gasteiger partial charge in [0, 0.05) is 38.8 Å². The number of carbonyl (C=O) groups is 3. The zero-order valence-electron chi connectivity index (χ0n) is 36.2. The summed E-state index contributed by atoms with van der Waals surface area (Å²) >= 11 is 3.40. The van der Waals surface area contributed by atoms with Crippen molar-refractivity contribution in [3.05, 3.63) is 112 Å². The number of rotatable bonds is 12. The summed E-state index contributed by atoms with van der Waals surface area (Å²) in [5.41, 5.74) is 5.05. The fourth-order valence-electron chi connectivity index (χ4n) is 8.97. The fraction of sp³-hybridized carbons (Fsp3) is 0.457. The molecular weight excluding hydrogens is 875 g/mol. The molecule has 7 rings (SSSR count). The number of alkyl carbamates (subject to hydrolysis) is 1. The second-order valence-electron chi connectivity index (χ2n) is 18.0. The first-order valence-corrected chi connectivity index (χ1v) is 23.6. The van der Waals surface area contributed by atoms with Gasteiger partial charge in [0.15, 0.2) is 6.23 Å². The Hall–Kier alpha value is -4.71. The number of esters is 1. The van der Waals surface area contributed by atoms with E-state index >= 15 is 0 Å². The largest absolute Gasteiger partial charge is 0.467 e. The zero-order valence-corrected chi connectivity index (χ0v) is 38.8. The highest BCUT2D eigenvalue weighted by atomic mass is 79.9. The maximum absolute atomic E-state index is 13.2. The molecule has 0 saturated carbocycles. The van der Waals surface area contributed by atoms with E-state index in [-0.39, 0.29) is 59.5 Å². The van der Waals surface area contributed by atoms with E-state index in [1.54, 1.807) is 41.1 Å². The molecule has 0 unspecified atom stereocenters. The van der Waals surface area contributed by atoms with E-state index in [0.717, 1.165) is 26.7 Å². The van der Waals surface area contributed by atoms with Crippen molar-refractivity contribution < 1.29 is 42.6 Å². The minimum absolute atomic E-state index is 0.109. The number of halogens is 1. The number of aliphatic hydroxyl groups is 1. The second-order valence-corrected chi connectivity index (χ2v) is 23.6. The van der Waals surface area contributed by atoms with E-state index in [0.29, 0.717) is 18.4 Å². The van der Waals surface area contributed by atoms with Gasteiger partial charge in [-0.15, -0.1) is 0 Å². The maximum Gasteiger partial charge on any atom is 0.407 e. The van der Waals surface area contributed by atoms with Crippen LogP contribution in [0.2, 0.25) is 10.1 Å². The third-order valence-corrected chi connectivity index (χ3v) is 17.4. The van der Waals surface area contributed by atoms with Crippen molar-refractivity contribution >= 4 is 48.3 Å². The Kier molecular flexibility index (Phi) is 13.6. The molecule has 1 aliphatic carbocycles. The van der Waals surface area contributed by atoms with Gasteiger partial charge in [-0.2, -0.15) is 4.98 Å². The molecule has 2 fully saturated rings. The highest BCUT2D eigenvalue weighted by Crippen LogP contribution is 2.56. The first-order valence-electron chi connectivity index (χ1n) is 21.0. The summed E-state index contributed by atoms with van der Waals surface area (Å²) in [7, 11) is -1.65. The molecule has 4 aromatic rings. The number of ether oxygens (including phenoxy) is 3. The molecule has 3 N–H and O–H groups in total. The number of fused-ring (bicyclic) bond motifs is 4. The van der Waals surface area contributed by atoms with Crippen molar-refractivity contribution in [1.29, 1.82) is 0 Å². The van der Waals surface area contributed by atoms with Crippen molar-refractivity contribution in [1.82, 2.24) is 14.9 Å². The lowest BCUT2D eigenvalue weighted by atomic mass is 9.98. The van der Waals surface area contributed by atoms with Gasteiger partial charge in [0.1, 0.15) is 36.8 Å². The normalized spacial score (nSPS) is 21.3. The molecule has 3 aromatic carbocycles. The number of amides is 2. The number of hydrogen-bond acceptors (Lipinski definition) is 11. The Bertz CT molecular complexity index is 2280. The summed E-state index contributed by atoms with van der Waals surface area (Å²) in [6.07, 6.45) is -0.947. The van der Waals surface area contributed by atoms with Crippen LogP contribution in [0.15, 0.2) is 94.5 Å². The molecule has 330 valence electrons. The molecule has 3 aliphatic rings. The first kappa shape index (κ1) is 45.3. The molecule has 2 saturated heterocycles. The van der Waals surface area contributed by atoms with Gasteiger partial charge in [0.05, 0.1) is 13.7 Å². The summed E-state index contributed by atoms with van der Waals surface area (Å²) < 4.78 is 33.1. The van der Waals surface area contributed by atoms with E-state index in [2.05, 4.69) is 80.2 Å². The number of unbranched alkanes of at least 4 members (excludes halogenated alkanes) is 1. The maximum atomic E-state index is 13.2. The summed E-state index contributed by atoms with van der Waals surface area (Å²) in [6, 6.07) is 23.8. The minimum atomic E-state index is -2.92. The molecule has 5 atom stereocenters. The number of carbonyl (C=O) groups excluding carboxylic acids is 3. The van der Waals surface area contributed by atoms with Crippen LogP contribution in [0.4, 0.5) is 10.6 Å². The van der Waals surface area contributed by atoms with Gasteiger partial charge in [-0.3, -0.25) is 14.4 Å². The fourth-order valence-corrected chi connectivity index (χ4v) is 14.2. The van der Waals surface area contributed by atoms with Crippen molar-refractivity contribution in [2.75, 3.05) is 32.2 Å². The third-order valence-electron chi connectivity index (χ3n) is 11.8. The number of hydrogen-bond donors (Lipinski definition) is 3. The van der Waals surface area contributed by atoms with Crippen molar-refractivity contribution in [3.63, 3.8) is 0 Å². The summed E-state index contributed by atoms with van der Waals surface area (Å²) in [5.74, 6) is -0.819. The van der Waals surface area contributed by atoms with Crippen LogP contribution in [0, 0.1) is 0 Å². The highest BCUT2D eigenvalue weighted by Gasteiger charge is 2.65. The first-order chi connectivity index (χ1) is 29.5. The predicted octanol–water partition coefficient (Wildman–Crippen LogP) is 7.77. The molecule has 14 nitrogen and oxygen atoms in total. The SMILES string of the molecule is COC(=O)[C@H](CCCCN=c1nc(NC(=O)c2ccc(Br)cc2)ccn1[C@@H]1O[C@@H]2CO[Si](C(C)(C)C)(C(C)(C)C)O[C@H]2[C@H]1O)NC(=O)OCC1c2ccccc2-c2ccccc21. The number of aromatic nitrogens is 2. The van der Waals surface area contributed by atoms with Gasteiger partial charge in [0.25, 0.3) is 5.91 Å². The van der Waals surface area contributed by atoms with Crippen LogP contribution in [-0.2, 0) is 27.9 Å². The molecule has 0 radical (unpaired) electrons. The molecule has 62 heavy (non-hydrogen) atoms. The molecule has 1 aromatic heterocycles. The summed E-state index contributed by atoms with van der Waals surface area (Å²) in [4.78, 5) is 48.6. The monoisotopic (exact) mass is 929 g/mol. The quantitative estimate of drug-likeness (QED) is 0.0725. The Labute approximate surface area is 371 Å². The van der Waals surface area contributed by atoms with E-state index in [1.807, 2.05) is 36.4 Å². The lowest BCUT2D eigenvalue weighted by Crippen LogP contribution is -2.65. The molecule has 2 aliphatic heterocycles. The Morgan fingerprint density at radius 2 is 1.60 bits per heavy atom. The minimum Gasteiger partial charge on any atom is -0.467 e.